The molecule has 3 fully saturated rings. The monoisotopic (exact) mass is 525 g/mol. The highest BCUT2D eigenvalue weighted by molar-refractivity contribution is 6.30. The molecule has 1 aromatic carbocycles. The van der Waals surface area contributed by atoms with Crippen LogP contribution in [0.25, 0.3) is 11.0 Å². The molecule has 0 unspecified atom stereocenters. The van der Waals surface area contributed by atoms with Crippen LogP contribution in [-0.4, -0.2) is 50.2 Å². The second-order valence-corrected chi connectivity index (χ2v) is 11.2. The third-order valence-electron chi connectivity index (χ3n) is 8.84. The Balaban J connectivity index is 1.20. The maximum Gasteiger partial charge on any atom is 0.309 e. The fraction of sp³-hybridized carbons (Fsp3) is 0.464. The normalized spacial score (nSPS) is 24.9. The van der Waals surface area contributed by atoms with Crippen LogP contribution in [0.2, 0.25) is 5.02 Å². The van der Waals surface area contributed by atoms with E-state index >= 15 is 0 Å². The van der Waals surface area contributed by atoms with Gasteiger partial charge in [0.05, 0.1) is 24.1 Å². The fourth-order valence-corrected chi connectivity index (χ4v) is 6.62. The number of pyridine rings is 1. The molecule has 2 bridgehead atoms. The zero-order valence-corrected chi connectivity index (χ0v) is 21.3. The van der Waals surface area contributed by atoms with Crippen molar-refractivity contribution in [1.29, 1.82) is 0 Å². The minimum Gasteiger partial charge on any atom is -0.481 e. The first-order chi connectivity index (χ1) is 17.8. The summed E-state index contributed by atoms with van der Waals surface area (Å²) in [7, 11) is 0. The second kappa shape index (κ2) is 9.10. The lowest BCUT2D eigenvalue weighted by molar-refractivity contribution is -0.178. The Morgan fingerprint density at radius 2 is 1.89 bits per heavy atom. The number of carbonyl (C=O) groups is 2. The van der Waals surface area contributed by atoms with Crippen molar-refractivity contribution in [2.24, 2.45) is 5.41 Å². The predicted octanol–water partition coefficient (Wildman–Crippen LogP) is 4.96. The minimum atomic E-state index is -0.704. The van der Waals surface area contributed by atoms with E-state index in [2.05, 4.69) is 4.98 Å². The van der Waals surface area contributed by atoms with E-state index in [-0.39, 0.29) is 18.3 Å². The van der Waals surface area contributed by atoms with E-state index < -0.39 is 17.0 Å². The molecule has 9 heteroatoms. The highest BCUT2D eigenvalue weighted by atomic mass is 35.5. The molecule has 3 aromatic rings. The Morgan fingerprint density at radius 3 is 2.59 bits per heavy atom. The molecular formula is C28H29ClFN3O4. The first kappa shape index (κ1) is 24.4. The Labute approximate surface area is 219 Å². The lowest BCUT2D eigenvalue weighted by Crippen LogP contribution is -2.52. The lowest BCUT2D eigenvalue weighted by Gasteiger charge is -2.50. The Hall–Kier alpha value is -2.97. The Bertz CT molecular complexity index is 1380. The molecule has 2 aromatic heterocycles. The highest BCUT2D eigenvalue weighted by Gasteiger charge is 2.53. The molecule has 0 radical (unpaired) electrons. The number of halogens is 2. The van der Waals surface area contributed by atoms with Crippen molar-refractivity contribution in [1.82, 2.24) is 14.5 Å². The standard InChI is InChI=1S/C28H29ClFN3O4/c29-19-4-3-18(22(30)14-19)15-33-23-16-32(13-5-20(23)21-2-1-12-31-25(21)33)24(34)17-37-28-9-6-27(7-10-28,8-11-28)26(35)36/h1-4,12,14H,5-11,13,15-17H2,(H,35,36). The van der Waals surface area contributed by atoms with Gasteiger partial charge < -0.3 is 19.3 Å². The molecule has 7 nitrogen and oxygen atoms in total. The van der Waals surface area contributed by atoms with Gasteiger partial charge >= 0.3 is 5.97 Å². The quantitative estimate of drug-likeness (QED) is 0.492. The number of carboxylic acid groups (broad SMARTS) is 1. The lowest BCUT2D eigenvalue weighted by atomic mass is 9.58. The van der Waals surface area contributed by atoms with Crippen LogP contribution in [0.5, 0.6) is 0 Å². The fourth-order valence-electron chi connectivity index (χ4n) is 6.46. The number of hydrogen-bond donors (Lipinski definition) is 1. The topological polar surface area (TPSA) is 84.7 Å². The van der Waals surface area contributed by atoms with Crippen LogP contribution >= 0.6 is 11.6 Å². The molecule has 1 aliphatic heterocycles. The van der Waals surface area contributed by atoms with Crippen molar-refractivity contribution in [3.05, 3.63) is 64.2 Å². The summed E-state index contributed by atoms with van der Waals surface area (Å²) in [4.78, 5) is 31.4. The molecule has 0 saturated heterocycles. The van der Waals surface area contributed by atoms with E-state index in [0.717, 1.165) is 22.3 Å². The SMILES string of the molecule is O=C(COC12CCC(C(=O)O)(CC1)CC2)N1CCc2c(n(Cc3ccc(Cl)cc3F)c3ncccc23)C1. The molecule has 1 N–H and O–H groups in total. The van der Waals surface area contributed by atoms with Crippen LogP contribution in [-0.2, 0) is 33.8 Å². The summed E-state index contributed by atoms with van der Waals surface area (Å²) >= 11 is 5.95. The van der Waals surface area contributed by atoms with Gasteiger partial charge in [0.2, 0.25) is 5.91 Å². The summed E-state index contributed by atoms with van der Waals surface area (Å²) < 4.78 is 22.9. The van der Waals surface area contributed by atoms with Crippen LogP contribution in [0.3, 0.4) is 0 Å². The maximum absolute atomic E-state index is 14.7. The van der Waals surface area contributed by atoms with E-state index in [1.54, 1.807) is 23.2 Å². The molecule has 7 rings (SSSR count). The zero-order chi connectivity index (χ0) is 25.8. The highest BCUT2D eigenvalue weighted by Crippen LogP contribution is 2.54. The maximum atomic E-state index is 14.7. The van der Waals surface area contributed by atoms with Crippen molar-refractivity contribution < 1.29 is 23.8 Å². The summed E-state index contributed by atoms with van der Waals surface area (Å²) in [5.41, 5.74) is 2.39. The molecule has 194 valence electrons. The number of aliphatic carboxylic acids is 1. The molecule has 0 atom stereocenters. The largest absolute Gasteiger partial charge is 0.481 e. The van der Waals surface area contributed by atoms with E-state index in [9.17, 15) is 19.1 Å². The van der Waals surface area contributed by atoms with E-state index in [0.29, 0.717) is 75.2 Å². The van der Waals surface area contributed by atoms with Crippen LogP contribution in [0, 0.1) is 11.2 Å². The summed E-state index contributed by atoms with van der Waals surface area (Å²) in [5.74, 6) is -1.16. The van der Waals surface area contributed by atoms with Gasteiger partial charge in [-0.05, 0) is 74.8 Å². The number of carbonyl (C=O) groups excluding carboxylic acids is 1. The van der Waals surface area contributed by atoms with Crippen molar-refractivity contribution in [2.45, 2.75) is 63.6 Å². The summed E-state index contributed by atoms with van der Waals surface area (Å²) in [6, 6.07) is 8.60. The van der Waals surface area contributed by atoms with Crippen molar-refractivity contribution in [3.63, 3.8) is 0 Å². The summed E-state index contributed by atoms with van der Waals surface area (Å²) in [6.07, 6.45) is 6.29. The molecular weight excluding hydrogens is 497 g/mol. The number of benzene rings is 1. The van der Waals surface area contributed by atoms with Gasteiger partial charge in [0.25, 0.3) is 0 Å². The Morgan fingerprint density at radius 1 is 1.14 bits per heavy atom. The first-order valence-electron chi connectivity index (χ1n) is 12.8. The number of rotatable bonds is 6. The van der Waals surface area contributed by atoms with Gasteiger partial charge in [0.1, 0.15) is 18.1 Å². The van der Waals surface area contributed by atoms with Gasteiger partial charge in [0.15, 0.2) is 0 Å². The van der Waals surface area contributed by atoms with Gasteiger partial charge in [-0.15, -0.1) is 0 Å². The average Bonchev–Trinajstić information content (AvgIpc) is 3.22. The number of amides is 1. The number of carboxylic acids is 1. The third-order valence-corrected chi connectivity index (χ3v) is 9.08. The smallest absolute Gasteiger partial charge is 0.309 e. The van der Waals surface area contributed by atoms with E-state index in [4.69, 9.17) is 16.3 Å². The number of hydrogen-bond acceptors (Lipinski definition) is 4. The van der Waals surface area contributed by atoms with Gasteiger partial charge in [-0.3, -0.25) is 9.59 Å². The molecule has 0 spiro atoms. The molecule has 3 saturated carbocycles. The van der Waals surface area contributed by atoms with Gasteiger partial charge in [-0.25, -0.2) is 9.37 Å². The molecule has 37 heavy (non-hydrogen) atoms. The van der Waals surface area contributed by atoms with Gasteiger partial charge in [-0.2, -0.15) is 0 Å². The Kier molecular flexibility index (Phi) is 5.99. The zero-order valence-electron chi connectivity index (χ0n) is 20.5. The van der Waals surface area contributed by atoms with Crippen molar-refractivity contribution in [2.75, 3.05) is 13.2 Å². The molecule has 1 amide bonds. The molecule has 3 aliphatic carbocycles. The summed E-state index contributed by atoms with van der Waals surface area (Å²) in [6.45, 7) is 1.25. The number of fused-ring (bicyclic) bond motifs is 6. The van der Waals surface area contributed by atoms with Crippen LogP contribution in [0.4, 0.5) is 4.39 Å². The minimum absolute atomic E-state index is 0.0142. The average molecular weight is 526 g/mol. The molecule has 4 aliphatic rings. The summed E-state index contributed by atoms with van der Waals surface area (Å²) in [5, 5.41) is 11.0. The van der Waals surface area contributed by atoms with Crippen LogP contribution in [0.15, 0.2) is 36.5 Å². The first-order valence-corrected chi connectivity index (χ1v) is 13.2. The van der Waals surface area contributed by atoms with Crippen LogP contribution in [0.1, 0.15) is 55.3 Å². The van der Waals surface area contributed by atoms with Gasteiger partial charge in [-0.1, -0.05) is 17.7 Å². The third kappa shape index (κ3) is 4.20. The van der Waals surface area contributed by atoms with Crippen molar-refractivity contribution >= 4 is 34.5 Å². The number of nitrogens with zero attached hydrogens (tertiary/aromatic N) is 3. The van der Waals surface area contributed by atoms with E-state index in [1.807, 2.05) is 16.7 Å². The van der Waals surface area contributed by atoms with Crippen molar-refractivity contribution in [3.8, 4) is 0 Å². The van der Waals surface area contributed by atoms with Gasteiger partial charge in [0, 0.05) is 34.4 Å². The van der Waals surface area contributed by atoms with E-state index in [1.165, 1.54) is 6.07 Å². The predicted molar refractivity (Wildman–Crippen MR) is 136 cm³/mol. The second-order valence-electron chi connectivity index (χ2n) is 10.7. The number of aromatic nitrogens is 2. The molecule has 3 heterocycles. The number of ether oxygens (including phenoxy) is 1. The van der Waals surface area contributed by atoms with Crippen LogP contribution < -0.4 is 0 Å².